The topological polar surface area (TPSA) is 77.2 Å². The first-order chi connectivity index (χ1) is 10.0. The Hall–Kier alpha value is -2.16. The van der Waals surface area contributed by atoms with E-state index in [4.69, 9.17) is 0 Å². The number of hydrogen-bond donors (Lipinski definition) is 0. The molecule has 5 nitrogen and oxygen atoms in total. The van der Waals surface area contributed by atoms with Crippen LogP contribution >= 0.6 is 0 Å². The average Bonchev–Trinajstić information content (AvgIpc) is 2.88. The van der Waals surface area contributed by atoms with Crippen molar-refractivity contribution in [1.82, 2.24) is 5.16 Å². The Balaban J connectivity index is 2.74. The molecule has 0 unspecified atom stereocenters. The summed E-state index contributed by atoms with van der Waals surface area (Å²) in [4.78, 5) is 11.7. The van der Waals surface area contributed by atoms with Crippen LogP contribution in [0.3, 0.4) is 0 Å². The van der Waals surface area contributed by atoms with E-state index in [0.29, 0.717) is 6.07 Å². The van der Waals surface area contributed by atoms with Crippen LogP contribution in [0.25, 0.3) is 0 Å². The molecule has 9 heteroatoms. The molecule has 0 atom stereocenters. The van der Waals surface area contributed by atoms with Gasteiger partial charge < -0.3 is 4.52 Å². The van der Waals surface area contributed by atoms with Gasteiger partial charge in [0, 0.05) is 11.8 Å². The minimum absolute atomic E-state index is 0.0512. The van der Waals surface area contributed by atoms with Crippen LogP contribution in [0.5, 0.6) is 0 Å². The third kappa shape index (κ3) is 3.03. The molecule has 0 saturated heterocycles. The SMILES string of the molecule is Cc1cc(C(=O)c2cnoc2)c(C(F)(F)F)cc1S(C)(=O)=O. The van der Waals surface area contributed by atoms with E-state index < -0.39 is 37.8 Å². The van der Waals surface area contributed by atoms with Crippen LogP contribution in [0, 0.1) is 6.92 Å². The van der Waals surface area contributed by atoms with E-state index in [9.17, 15) is 26.4 Å². The van der Waals surface area contributed by atoms with Crippen molar-refractivity contribution < 1.29 is 30.9 Å². The van der Waals surface area contributed by atoms with E-state index in [0.717, 1.165) is 24.8 Å². The fraction of sp³-hybridized carbons (Fsp3) is 0.231. The lowest BCUT2D eigenvalue weighted by molar-refractivity contribution is -0.138. The van der Waals surface area contributed by atoms with Crippen molar-refractivity contribution >= 4 is 15.6 Å². The molecule has 0 aliphatic rings. The van der Waals surface area contributed by atoms with Crippen molar-refractivity contribution in [3.8, 4) is 0 Å². The molecular weight excluding hydrogens is 323 g/mol. The van der Waals surface area contributed by atoms with Crippen LogP contribution in [0.15, 0.2) is 34.0 Å². The van der Waals surface area contributed by atoms with Crippen molar-refractivity contribution in [3.05, 3.63) is 46.8 Å². The normalized spacial score (nSPS) is 12.4. The molecule has 0 aliphatic carbocycles. The summed E-state index contributed by atoms with van der Waals surface area (Å²) in [7, 11) is -3.85. The number of benzene rings is 1. The molecule has 0 saturated carbocycles. The maximum absolute atomic E-state index is 13.2. The van der Waals surface area contributed by atoms with Crippen molar-refractivity contribution in [1.29, 1.82) is 0 Å². The Labute approximate surface area is 123 Å². The quantitative estimate of drug-likeness (QED) is 0.807. The van der Waals surface area contributed by atoms with Gasteiger partial charge in [-0.15, -0.1) is 0 Å². The number of rotatable bonds is 3. The molecule has 0 N–H and O–H groups in total. The monoisotopic (exact) mass is 333 g/mol. The first-order valence-corrected chi connectivity index (χ1v) is 7.77. The minimum Gasteiger partial charge on any atom is -0.364 e. The summed E-state index contributed by atoms with van der Waals surface area (Å²) in [6, 6.07) is 1.39. The molecule has 1 heterocycles. The number of aromatic nitrogens is 1. The van der Waals surface area contributed by atoms with E-state index in [1.54, 1.807) is 0 Å². The second-order valence-corrected chi connectivity index (χ2v) is 6.66. The molecule has 22 heavy (non-hydrogen) atoms. The summed E-state index contributed by atoms with van der Waals surface area (Å²) in [6.07, 6.45) is -2.17. The molecule has 0 amide bonds. The zero-order valence-corrected chi connectivity index (χ0v) is 12.2. The molecule has 0 spiro atoms. The van der Waals surface area contributed by atoms with Gasteiger partial charge in [0.2, 0.25) is 0 Å². The predicted molar refractivity (Wildman–Crippen MR) is 69.2 cm³/mol. The van der Waals surface area contributed by atoms with E-state index in [2.05, 4.69) is 9.68 Å². The number of alkyl halides is 3. The van der Waals surface area contributed by atoms with Crippen molar-refractivity contribution in [3.63, 3.8) is 0 Å². The maximum Gasteiger partial charge on any atom is 0.417 e. The number of carbonyl (C=O) groups excluding carboxylic acids is 1. The number of ketones is 1. The van der Waals surface area contributed by atoms with Crippen LogP contribution in [0.4, 0.5) is 13.2 Å². The number of halogens is 3. The van der Waals surface area contributed by atoms with Crippen LogP contribution in [0.1, 0.15) is 27.0 Å². The van der Waals surface area contributed by atoms with Gasteiger partial charge in [-0.25, -0.2) is 8.42 Å². The Bertz CT molecular complexity index is 824. The van der Waals surface area contributed by atoms with E-state index in [-0.39, 0.29) is 11.1 Å². The second-order valence-electron chi connectivity index (χ2n) is 4.68. The van der Waals surface area contributed by atoms with Gasteiger partial charge in [-0.2, -0.15) is 13.2 Å². The van der Waals surface area contributed by atoms with Crippen LogP contribution in [0.2, 0.25) is 0 Å². The fourth-order valence-corrected chi connectivity index (χ4v) is 2.96. The molecule has 0 fully saturated rings. The van der Waals surface area contributed by atoms with Gasteiger partial charge in [-0.1, -0.05) is 5.16 Å². The van der Waals surface area contributed by atoms with Gasteiger partial charge in [0.15, 0.2) is 15.6 Å². The number of carbonyl (C=O) groups is 1. The van der Waals surface area contributed by atoms with Gasteiger partial charge in [0.05, 0.1) is 22.2 Å². The summed E-state index contributed by atoms with van der Waals surface area (Å²) in [5, 5.41) is 3.27. The van der Waals surface area contributed by atoms with E-state index in [1.165, 1.54) is 6.92 Å². The van der Waals surface area contributed by atoms with Gasteiger partial charge in [0.1, 0.15) is 6.26 Å². The Kier molecular flexibility index (Phi) is 3.86. The fourth-order valence-electron chi connectivity index (χ4n) is 1.98. The van der Waals surface area contributed by atoms with Crippen LogP contribution < -0.4 is 0 Å². The van der Waals surface area contributed by atoms with E-state index in [1.807, 2.05) is 0 Å². The molecule has 0 aliphatic heterocycles. The van der Waals surface area contributed by atoms with Crippen LogP contribution in [-0.2, 0) is 16.0 Å². The molecule has 1 aromatic carbocycles. The molecule has 2 rings (SSSR count). The summed E-state index contributed by atoms with van der Waals surface area (Å²) in [5.74, 6) is -0.947. The van der Waals surface area contributed by atoms with Crippen LogP contribution in [-0.4, -0.2) is 25.6 Å². The van der Waals surface area contributed by atoms with Gasteiger partial charge in [-0.3, -0.25) is 4.79 Å². The first kappa shape index (κ1) is 16.2. The first-order valence-electron chi connectivity index (χ1n) is 5.88. The highest BCUT2D eigenvalue weighted by Crippen LogP contribution is 2.35. The highest BCUT2D eigenvalue weighted by atomic mass is 32.2. The maximum atomic E-state index is 13.2. The number of nitrogens with zero attached hydrogens (tertiary/aromatic N) is 1. The van der Waals surface area contributed by atoms with Crippen molar-refractivity contribution in [2.75, 3.05) is 6.26 Å². The minimum atomic E-state index is -4.88. The Morgan fingerprint density at radius 1 is 1.27 bits per heavy atom. The highest BCUT2D eigenvalue weighted by Gasteiger charge is 2.37. The van der Waals surface area contributed by atoms with Gasteiger partial charge in [0.25, 0.3) is 0 Å². The second kappa shape index (κ2) is 5.24. The Morgan fingerprint density at radius 3 is 2.36 bits per heavy atom. The molecule has 0 bridgehead atoms. The molecule has 2 aromatic rings. The highest BCUT2D eigenvalue weighted by molar-refractivity contribution is 7.90. The number of aryl methyl sites for hydroxylation is 1. The molecular formula is C13H10F3NO4S. The lowest BCUT2D eigenvalue weighted by atomic mass is 9.97. The summed E-state index contributed by atoms with van der Waals surface area (Å²) in [6.45, 7) is 1.32. The molecule has 118 valence electrons. The third-order valence-corrected chi connectivity index (χ3v) is 4.20. The zero-order valence-electron chi connectivity index (χ0n) is 11.4. The predicted octanol–water partition coefficient (Wildman–Crippen LogP) is 2.64. The third-order valence-electron chi connectivity index (χ3n) is 2.96. The lowest BCUT2D eigenvalue weighted by Crippen LogP contribution is -2.16. The largest absolute Gasteiger partial charge is 0.417 e. The summed E-state index contributed by atoms with van der Waals surface area (Å²) in [5.41, 5.74) is -2.07. The average molecular weight is 333 g/mol. The smallest absolute Gasteiger partial charge is 0.364 e. The zero-order chi connectivity index (χ0) is 16.7. The molecule has 0 radical (unpaired) electrons. The lowest BCUT2D eigenvalue weighted by Gasteiger charge is -2.15. The van der Waals surface area contributed by atoms with E-state index >= 15 is 0 Å². The summed E-state index contributed by atoms with van der Waals surface area (Å²) >= 11 is 0. The molecule has 1 aromatic heterocycles. The number of sulfone groups is 1. The van der Waals surface area contributed by atoms with Crippen molar-refractivity contribution in [2.45, 2.75) is 18.0 Å². The standard InChI is InChI=1S/C13H10F3NO4S/c1-7-3-9(12(18)8-5-17-21-6-8)10(13(14,15)16)4-11(7)22(2,19)20/h3-6H,1-2H3. The Morgan fingerprint density at radius 2 is 1.91 bits per heavy atom. The number of hydrogen-bond acceptors (Lipinski definition) is 5. The van der Waals surface area contributed by atoms with Crippen molar-refractivity contribution in [2.24, 2.45) is 0 Å². The summed E-state index contributed by atoms with van der Waals surface area (Å²) < 4.78 is 67.1. The van der Waals surface area contributed by atoms with Gasteiger partial charge >= 0.3 is 6.18 Å². The van der Waals surface area contributed by atoms with Gasteiger partial charge in [-0.05, 0) is 24.6 Å².